The summed E-state index contributed by atoms with van der Waals surface area (Å²) in [6.07, 6.45) is 1.81. The van der Waals surface area contributed by atoms with E-state index in [0.717, 1.165) is 29.5 Å². The third-order valence-electron chi connectivity index (χ3n) is 5.30. The molecule has 1 unspecified atom stereocenters. The molecule has 0 spiro atoms. The monoisotopic (exact) mass is 449 g/mol. The lowest BCUT2D eigenvalue weighted by Crippen LogP contribution is -2.41. The number of aromatic nitrogens is 1. The third kappa shape index (κ3) is 4.80. The number of carbonyl (C=O) groups is 2. The van der Waals surface area contributed by atoms with Crippen LogP contribution in [0.25, 0.3) is 10.9 Å². The summed E-state index contributed by atoms with van der Waals surface area (Å²) < 4.78 is 11.5. The molecule has 2 aromatic carbocycles. The Bertz CT molecular complexity index is 1160. The first-order valence-corrected chi connectivity index (χ1v) is 11.6. The fourth-order valence-electron chi connectivity index (χ4n) is 3.49. The number of amides is 2. The lowest BCUT2D eigenvalue weighted by atomic mass is 10.1. The van der Waals surface area contributed by atoms with Crippen LogP contribution in [0, 0.1) is 0 Å². The lowest BCUT2D eigenvalue weighted by molar-refractivity contribution is -0.119. The first-order chi connectivity index (χ1) is 15.7. The molecule has 1 atom stereocenters. The summed E-state index contributed by atoms with van der Waals surface area (Å²) in [7, 11) is 0. The molecular weight excluding hydrogens is 426 g/mol. The number of hydrogen-bond acceptors (Lipinski definition) is 6. The molecular formula is C24H23N3O4S. The van der Waals surface area contributed by atoms with Crippen LogP contribution in [0.1, 0.15) is 23.2 Å². The minimum atomic E-state index is -0.240. The number of nitrogens with zero attached hydrogens (tertiary/aromatic N) is 1. The maximum absolute atomic E-state index is 12.7. The maximum Gasteiger partial charge on any atom is 0.252 e. The number of ether oxygens (including phenoxy) is 2. The van der Waals surface area contributed by atoms with E-state index in [1.807, 2.05) is 48.5 Å². The quantitative estimate of drug-likeness (QED) is 0.539. The molecule has 2 heterocycles. The Hall–Kier alpha value is -3.26. The molecule has 1 saturated carbocycles. The van der Waals surface area contributed by atoms with Gasteiger partial charge in [0.2, 0.25) is 5.91 Å². The van der Waals surface area contributed by atoms with E-state index >= 15 is 0 Å². The maximum atomic E-state index is 12.7. The highest BCUT2D eigenvalue weighted by Crippen LogP contribution is 2.30. The molecule has 2 aliphatic rings. The number of hydrogen-bond donors (Lipinski definition) is 2. The lowest BCUT2D eigenvalue weighted by Gasteiger charge is -2.26. The molecule has 0 bridgehead atoms. The largest absolute Gasteiger partial charge is 0.486 e. The second-order valence-corrected chi connectivity index (χ2v) is 8.86. The average molecular weight is 450 g/mol. The smallest absolute Gasteiger partial charge is 0.252 e. The van der Waals surface area contributed by atoms with Gasteiger partial charge in [-0.05, 0) is 37.1 Å². The summed E-state index contributed by atoms with van der Waals surface area (Å²) in [5.41, 5.74) is 1.34. The van der Waals surface area contributed by atoms with Gasteiger partial charge in [0.1, 0.15) is 12.7 Å². The Labute approximate surface area is 189 Å². The average Bonchev–Trinajstić information content (AvgIpc) is 3.64. The minimum absolute atomic E-state index is 0.0906. The van der Waals surface area contributed by atoms with Gasteiger partial charge in [-0.15, -0.1) is 0 Å². The Balaban J connectivity index is 1.19. The summed E-state index contributed by atoms with van der Waals surface area (Å²) in [4.78, 5) is 29.7. The number of fused-ring (bicyclic) bond motifs is 2. The van der Waals surface area contributed by atoms with Crippen molar-refractivity contribution in [1.82, 2.24) is 15.6 Å². The highest BCUT2D eigenvalue weighted by Gasteiger charge is 2.25. The SMILES string of the molecule is O=C(CSc1cc(C(=O)NC2CC2)c2ccccc2n1)NCC1COc2ccccc2O1. The van der Waals surface area contributed by atoms with Gasteiger partial charge in [0.25, 0.3) is 5.91 Å². The van der Waals surface area contributed by atoms with E-state index in [-0.39, 0.29) is 29.7 Å². The van der Waals surface area contributed by atoms with Crippen molar-refractivity contribution in [3.63, 3.8) is 0 Å². The van der Waals surface area contributed by atoms with E-state index in [0.29, 0.717) is 29.5 Å². The Morgan fingerprint density at radius 3 is 2.69 bits per heavy atom. The number of thioether (sulfide) groups is 1. The van der Waals surface area contributed by atoms with Crippen LogP contribution in [0.3, 0.4) is 0 Å². The predicted octanol–water partition coefficient (Wildman–Crippen LogP) is 3.18. The van der Waals surface area contributed by atoms with Gasteiger partial charge >= 0.3 is 0 Å². The Morgan fingerprint density at radius 2 is 1.84 bits per heavy atom. The first kappa shape index (κ1) is 20.6. The van der Waals surface area contributed by atoms with Crippen molar-refractivity contribution < 1.29 is 19.1 Å². The van der Waals surface area contributed by atoms with Crippen molar-refractivity contribution in [3.05, 3.63) is 60.2 Å². The summed E-state index contributed by atoms with van der Waals surface area (Å²) >= 11 is 1.31. The molecule has 1 fully saturated rings. The molecule has 164 valence electrons. The number of benzene rings is 2. The number of rotatable bonds is 7. The highest BCUT2D eigenvalue weighted by molar-refractivity contribution is 7.99. The van der Waals surface area contributed by atoms with Crippen molar-refractivity contribution in [3.8, 4) is 11.5 Å². The minimum Gasteiger partial charge on any atom is -0.486 e. The van der Waals surface area contributed by atoms with E-state index in [2.05, 4.69) is 15.6 Å². The van der Waals surface area contributed by atoms with Crippen LogP contribution in [0.4, 0.5) is 0 Å². The van der Waals surface area contributed by atoms with Crippen LogP contribution in [0.2, 0.25) is 0 Å². The van der Waals surface area contributed by atoms with E-state index in [4.69, 9.17) is 9.47 Å². The highest BCUT2D eigenvalue weighted by atomic mass is 32.2. The van der Waals surface area contributed by atoms with Gasteiger partial charge in [-0.3, -0.25) is 9.59 Å². The Kier molecular flexibility index (Phi) is 5.85. The van der Waals surface area contributed by atoms with Crippen LogP contribution < -0.4 is 20.1 Å². The van der Waals surface area contributed by atoms with Gasteiger partial charge in [-0.25, -0.2) is 4.98 Å². The summed E-state index contributed by atoms with van der Waals surface area (Å²) in [5, 5.41) is 7.39. The molecule has 7 nitrogen and oxygen atoms in total. The Morgan fingerprint density at radius 1 is 1.06 bits per heavy atom. The molecule has 1 aliphatic carbocycles. The second-order valence-electron chi connectivity index (χ2n) is 7.86. The first-order valence-electron chi connectivity index (χ1n) is 10.6. The molecule has 2 amide bonds. The molecule has 32 heavy (non-hydrogen) atoms. The van der Waals surface area contributed by atoms with Crippen molar-refractivity contribution in [2.75, 3.05) is 18.9 Å². The van der Waals surface area contributed by atoms with Crippen LogP contribution in [-0.4, -0.2) is 47.8 Å². The molecule has 1 aromatic heterocycles. The molecule has 8 heteroatoms. The molecule has 3 aromatic rings. The van der Waals surface area contributed by atoms with Gasteiger partial charge in [0.05, 0.1) is 28.4 Å². The standard InChI is InChI=1S/C24H23N3O4S/c28-22(25-12-16-13-30-20-7-3-4-8-21(20)31-16)14-32-23-11-18(24(29)26-15-9-10-15)17-5-1-2-6-19(17)27-23/h1-8,11,15-16H,9-10,12-14H2,(H,25,28)(H,26,29). The summed E-state index contributed by atoms with van der Waals surface area (Å²) in [5.74, 6) is 1.38. The van der Waals surface area contributed by atoms with Gasteiger partial charge < -0.3 is 20.1 Å². The molecule has 5 rings (SSSR count). The fraction of sp³-hybridized carbons (Fsp3) is 0.292. The van der Waals surface area contributed by atoms with E-state index in [1.54, 1.807) is 6.07 Å². The van der Waals surface area contributed by atoms with Crippen LogP contribution in [0.15, 0.2) is 59.6 Å². The number of pyridine rings is 1. The molecule has 2 N–H and O–H groups in total. The molecule has 0 radical (unpaired) electrons. The van der Waals surface area contributed by atoms with Crippen LogP contribution in [-0.2, 0) is 4.79 Å². The van der Waals surface area contributed by atoms with Crippen LogP contribution >= 0.6 is 11.8 Å². The van der Waals surface area contributed by atoms with Gasteiger partial charge in [0, 0.05) is 11.4 Å². The fourth-order valence-corrected chi connectivity index (χ4v) is 4.23. The topological polar surface area (TPSA) is 89.6 Å². The second kappa shape index (κ2) is 9.08. The zero-order chi connectivity index (χ0) is 21.9. The van der Waals surface area contributed by atoms with Crippen molar-refractivity contribution in [2.45, 2.75) is 30.0 Å². The van der Waals surface area contributed by atoms with Gasteiger partial charge in [-0.1, -0.05) is 42.1 Å². The van der Waals surface area contributed by atoms with Crippen molar-refractivity contribution in [1.29, 1.82) is 0 Å². The van der Waals surface area contributed by atoms with Gasteiger partial charge in [-0.2, -0.15) is 0 Å². The molecule has 0 saturated heterocycles. The molecule has 1 aliphatic heterocycles. The van der Waals surface area contributed by atoms with Crippen molar-refractivity contribution >= 4 is 34.5 Å². The summed E-state index contributed by atoms with van der Waals surface area (Å²) in [6.45, 7) is 0.740. The number of para-hydroxylation sites is 3. The third-order valence-corrected chi connectivity index (χ3v) is 6.21. The van der Waals surface area contributed by atoms with E-state index < -0.39 is 0 Å². The van der Waals surface area contributed by atoms with Gasteiger partial charge in [0.15, 0.2) is 11.5 Å². The predicted molar refractivity (Wildman–Crippen MR) is 122 cm³/mol. The zero-order valence-electron chi connectivity index (χ0n) is 17.4. The summed E-state index contributed by atoms with van der Waals surface area (Å²) in [6, 6.07) is 17.1. The number of nitrogens with one attached hydrogen (secondary N) is 2. The number of carbonyl (C=O) groups excluding carboxylic acids is 2. The normalized spacial score (nSPS) is 17.1. The van der Waals surface area contributed by atoms with Crippen LogP contribution in [0.5, 0.6) is 11.5 Å². The van der Waals surface area contributed by atoms with Crippen molar-refractivity contribution in [2.24, 2.45) is 0 Å². The zero-order valence-corrected chi connectivity index (χ0v) is 18.2. The van der Waals surface area contributed by atoms with E-state index in [9.17, 15) is 9.59 Å². The van der Waals surface area contributed by atoms with E-state index in [1.165, 1.54) is 11.8 Å².